The summed E-state index contributed by atoms with van der Waals surface area (Å²) in [5.74, 6) is -1.46. The molecule has 35 heavy (non-hydrogen) atoms. The molecule has 3 rings (SSSR count). The van der Waals surface area contributed by atoms with E-state index in [2.05, 4.69) is 10.1 Å². The van der Waals surface area contributed by atoms with Crippen molar-refractivity contribution in [2.75, 3.05) is 10.7 Å². The quantitative estimate of drug-likeness (QED) is 0.571. The minimum absolute atomic E-state index is 0.00472. The molecule has 0 aromatic heterocycles. The SMILES string of the molecule is CC(C)(C)OC(=O)N[C@H]1CSc2ccc(C(=O)O)cc2N(Cc2ccc(OC(C)(F)F)cc2)C1=O. The number of nitrogens with zero attached hydrogens (tertiary/aromatic N) is 1. The van der Waals surface area contributed by atoms with E-state index in [1.165, 1.54) is 53.1 Å². The summed E-state index contributed by atoms with van der Waals surface area (Å²) in [6.07, 6.45) is -4.10. The number of aromatic carboxylic acids is 1. The zero-order valence-corrected chi connectivity index (χ0v) is 20.4. The number of hydrogen-bond donors (Lipinski definition) is 2. The van der Waals surface area contributed by atoms with Crippen molar-refractivity contribution in [2.45, 2.75) is 56.9 Å². The van der Waals surface area contributed by atoms with Gasteiger partial charge >= 0.3 is 18.2 Å². The smallest absolute Gasteiger partial charge is 0.408 e. The second kappa shape index (κ2) is 10.1. The van der Waals surface area contributed by atoms with Crippen LogP contribution in [0, 0.1) is 0 Å². The maximum absolute atomic E-state index is 13.5. The number of carbonyl (C=O) groups is 3. The number of amides is 2. The lowest BCUT2D eigenvalue weighted by Gasteiger charge is -2.27. The molecule has 1 aliphatic heterocycles. The van der Waals surface area contributed by atoms with E-state index in [1.807, 2.05) is 0 Å². The molecule has 0 aliphatic carbocycles. The Morgan fingerprint density at radius 1 is 1.14 bits per heavy atom. The number of anilines is 1. The molecule has 0 radical (unpaired) electrons. The van der Waals surface area contributed by atoms with Crippen molar-refractivity contribution in [3.05, 3.63) is 53.6 Å². The molecule has 188 valence electrons. The fraction of sp³-hybridized carbons (Fsp3) is 0.375. The van der Waals surface area contributed by atoms with Crippen LogP contribution < -0.4 is 15.0 Å². The van der Waals surface area contributed by atoms with Crippen molar-refractivity contribution < 1.29 is 37.7 Å². The van der Waals surface area contributed by atoms with Crippen LogP contribution in [0.2, 0.25) is 0 Å². The number of nitrogens with one attached hydrogen (secondary N) is 1. The van der Waals surface area contributed by atoms with Gasteiger partial charge in [-0.25, -0.2) is 9.59 Å². The number of ether oxygens (including phenoxy) is 2. The third-order valence-electron chi connectivity index (χ3n) is 4.72. The Bertz CT molecular complexity index is 1110. The number of alkyl carbamates (subject to hydrolysis) is 1. The highest BCUT2D eigenvalue weighted by Crippen LogP contribution is 2.36. The van der Waals surface area contributed by atoms with Crippen molar-refractivity contribution in [3.63, 3.8) is 0 Å². The molecule has 2 N–H and O–H groups in total. The largest absolute Gasteiger partial charge is 0.478 e. The van der Waals surface area contributed by atoms with Crippen molar-refractivity contribution in [2.24, 2.45) is 0 Å². The van der Waals surface area contributed by atoms with Gasteiger partial charge in [-0.2, -0.15) is 8.78 Å². The minimum Gasteiger partial charge on any atom is -0.478 e. The molecule has 0 spiro atoms. The van der Waals surface area contributed by atoms with Gasteiger partial charge in [0.15, 0.2) is 0 Å². The van der Waals surface area contributed by atoms with Crippen LogP contribution in [-0.2, 0) is 16.1 Å². The van der Waals surface area contributed by atoms with E-state index in [9.17, 15) is 28.3 Å². The maximum atomic E-state index is 13.5. The molecule has 2 aromatic carbocycles. The highest BCUT2D eigenvalue weighted by Gasteiger charge is 2.34. The number of rotatable bonds is 6. The zero-order chi connectivity index (χ0) is 26.0. The molecule has 1 heterocycles. The standard InChI is InChI=1S/C24H26F2N2O6S/c1-23(2,3)34-22(32)27-17-13-35-19-10-7-15(21(30)31)11-18(19)28(20(17)29)12-14-5-8-16(9-6-14)33-24(4,25)26/h5-11,17H,12-13H2,1-4H3,(H,27,32)(H,30,31)/t17-/m0/s1. The molecule has 0 saturated carbocycles. The Morgan fingerprint density at radius 2 is 1.80 bits per heavy atom. The van der Waals surface area contributed by atoms with Crippen molar-refractivity contribution >= 4 is 35.4 Å². The molecule has 1 aliphatic rings. The van der Waals surface area contributed by atoms with E-state index in [0.717, 1.165) is 0 Å². The third-order valence-corrected chi connectivity index (χ3v) is 5.87. The minimum atomic E-state index is -3.34. The summed E-state index contributed by atoms with van der Waals surface area (Å²) in [6.45, 7) is 5.74. The van der Waals surface area contributed by atoms with Crippen LogP contribution in [0.1, 0.15) is 43.6 Å². The van der Waals surface area contributed by atoms with Crippen LogP contribution in [0.5, 0.6) is 5.75 Å². The van der Waals surface area contributed by atoms with Crippen LogP contribution in [0.15, 0.2) is 47.4 Å². The summed E-state index contributed by atoms with van der Waals surface area (Å²) >= 11 is 1.30. The molecule has 0 fully saturated rings. The van der Waals surface area contributed by atoms with Gasteiger partial charge in [-0.05, 0) is 56.7 Å². The number of hydrogen-bond acceptors (Lipinski definition) is 6. The van der Waals surface area contributed by atoms with Crippen molar-refractivity contribution in [1.82, 2.24) is 5.32 Å². The van der Waals surface area contributed by atoms with E-state index < -0.39 is 35.7 Å². The average Bonchev–Trinajstić information content (AvgIpc) is 2.84. The number of carboxylic acid groups (broad SMARTS) is 1. The fourth-order valence-corrected chi connectivity index (χ4v) is 4.36. The molecule has 0 saturated heterocycles. The van der Waals surface area contributed by atoms with Crippen LogP contribution in [0.3, 0.4) is 0 Å². The van der Waals surface area contributed by atoms with Crippen LogP contribution in [-0.4, -0.2) is 46.6 Å². The lowest BCUT2D eigenvalue weighted by molar-refractivity contribution is -0.158. The van der Waals surface area contributed by atoms with Gasteiger partial charge < -0.3 is 24.8 Å². The Kier molecular flexibility index (Phi) is 7.59. The van der Waals surface area contributed by atoms with E-state index in [-0.39, 0.29) is 23.6 Å². The number of thioether (sulfide) groups is 1. The Labute approximate surface area is 205 Å². The molecule has 2 aromatic rings. The molecule has 0 bridgehead atoms. The lowest BCUT2D eigenvalue weighted by atomic mass is 10.1. The summed E-state index contributed by atoms with van der Waals surface area (Å²) in [6, 6.07) is 9.27. The van der Waals surface area contributed by atoms with Gasteiger partial charge in [-0.15, -0.1) is 11.8 Å². The molecule has 8 nitrogen and oxygen atoms in total. The second-order valence-electron chi connectivity index (χ2n) is 8.98. The fourth-order valence-electron chi connectivity index (χ4n) is 3.30. The number of halogens is 2. The topological polar surface area (TPSA) is 105 Å². The normalized spacial score (nSPS) is 16.2. The van der Waals surface area contributed by atoms with E-state index >= 15 is 0 Å². The molecular weight excluding hydrogens is 482 g/mol. The highest BCUT2D eigenvalue weighted by atomic mass is 32.2. The van der Waals surface area contributed by atoms with Crippen LogP contribution in [0.4, 0.5) is 19.3 Å². The number of fused-ring (bicyclic) bond motifs is 1. The van der Waals surface area contributed by atoms with Gasteiger partial charge in [0, 0.05) is 17.6 Å². The average molecular weight is 509 g/mol. The van der Waals surface area contributed by atoms with Crippen LogP contribution in [0.25, 0.3) is 0 Å². The zero-order valence-electron chi connectivity index (χ0n) is 19.6. The maximum Gasteiger partial charge on any atom is 0.408 e. The van der Waals surface area contributed by atoms with Crippen molar-refractivity contribution in [1.29, 1.82) is 0 Å². The molecule has 0 unspecified atom stereocenters. The van der Waals surface area contributed by atoms with E-state index in [0.29, 0.717) is 23.1 Å². The molecule has 11 heteroatoms. The first-order chi connectivity index (χ1) is 16.2. The van der Waals surface area contributed by atoms with Gasteiger partial charge in [0.2, 0.25) is 0 Å². The Morgan fingerprint density at radius 3 is 2.37 bits per heavy atom. The Balaban J connectivity index is 1.92. The van der Waals surface area contributed by atoms with Gasteiger partial charge in [0.25, 0.3) is 5.91 Å². The lowest BCUT2D eigenvalue weighted by Crippen LogP contribution is -2.50. The second-order valence-corrected chi connectivity index (χ2v) is 10.0. The van der Waals surface area contributed by atoms with Crippen molar-refractivity contribution in [3.8, 4) is 5.75 Å². The Hall–Kier alpha value is -3.34. The molecular formula is C24H26F2N2O6S. The van der Waals surface area contributed by atoms with Gasteiger partial charge in [0.05, 0.1) is 17.8 Å². The predicted molar refractivity (Wildman–Crippen MR) is 126 cm³/mol. The van der Waals surface area contributed by atoms with E-state index in [4.69, 9.17) is 4.74 Å². The molecule has 2 amide bonds. The van der Waals surface area contributed by atoms with Gasteiger partial charge in [-0.1, -0.05) is 12.1 Å². The summed E-state index contributed by atoms with van der Waals surface area (Å²) < 4.78 is 36.1. The van der Waals surface area contributed by atoms with E-state index in [1.54, 1.807) is 26.8 Å². The first-order valence-corrected chi connectivity index (χ1v) is 11.7. The summed E-state index contributed by atoms with van der Waals surface area (Å²) in [4.78, 5) is 39.5. The van der Waals surface area contributed by atoms with Gasteiger partial charge in [0.1, 0.15) is 17.4 Å². The highest BCUT2D eigenvalue weighted by molar-refractivity contribution is 7.99. The number of benzene rings is 2. The third kappa shape index (κ3) is 7.32. The number of alkyl halides is 2. The summed E-state index contributed by atoms with van der Waals surface area (Å²) in [5, 5.41) is 12.0. The predicted octanol–water partition coefficient (Wildman–Crippen LogP) is 4.91. The first-order valence-electron chi connectivity index (χ1n) is 10.7. The summed E-state index contributed by atoms with van der Waals surface area (Å²) in [7, 11) is 0. The van der Waals surface area contributed by atoms with Crippen LogP contribution >= 0.6 is 11.8 Å². The number of carboxylic acids is 1. The summed E-state index contributed by atoms with van der Waals surface area (Å²) in [5.41, 5.74) is 0.187. The molecule has 1 atom stereocenters. The monoisotopic (exact) mass is 508 g/mol. The first kappa shape index (κ1) is 26.3. The number of carbonyl (C=O) groups excluding carboxylic acids is 2. The van der Waals surface area contributed by atoms with Gasteiger partial charge in [-0.3, -0.25) is 4.79 Å².